The number of nitrogens with one attached hydrogen (secondary N) is 1. The molecule has 2 aromatic rings. The molecule has 2 nitrogen and oxygen atoms in total. The van der Waals surface area contributed by atoms with Gasteiger partial charge in [0.1, 0.15) is 5.82 Å². The van der Waals surface area contributed by atoms with Gasteiger partial charge in [0, 0.05) is 5.02 Å². The van der Waals surface area contributed by atoms with E-state index in [1.807, 2.05) is 26.0 Å². The van der Waals surface area contributed by atoms with E-state index in [0.717, 1.165) is 11.1 Å². The van der Waals surface area contributed by atoms with Crippen LogP contribution in [0.1, 0.15) is 25.0 Å². The summed E-state index contributed by atoms with van der Waals surface area (Å²) in [5, 5.41) is 3.61. The Morgan fingerprint density at radius 3 is 2.24 bits per heavy atom. The van der Waals surface area contributed by atoms with Gasteiger partial charge in [0.2, 0.25) is 5.91 Å². The van der Waals surface area contributed by atoms with Crippen LogP contribution in [-0.4, -0.2) is 5.91 Å². The highest BCUT2D eigenvalue weighted by molar-refractivity contribution is 6.30. The van der Waals surface area contributed by atoms with Crippen LogP contribution in [0, 0.1) is 5.82 Å². The quantitative estimate of drug-likeness (QED) is 0.906. The van der Waals surface area contributed by atoms with E-state index in [0.29, 0.717) is 5.02 Å². The molecule has 0 bridgehead atoms. The Morgan fingerprint density at radius 1 is 1.10 bits per heavy atom. The van der Waals surface area contributed by atoms with Crippen LogP contribution in [-0.2, 0) is 16.8 Å². The van der Waals surface area contributed by atoms with Gasteiger partial charge < -0.3 is 5.32 Å². The van der Waals surface area contributed by atoms with Gasteiger partial charge in [0.05, 0.1) is 12.0 Å². The lowest BCUT2D eigenvalue weighted by Crippen LogP contribution is -2.41. The molecule has 0 heterocycles. The molecule has 4 heteroatoms. The van der Waals surface area contributed by atoms with Gasteiger partial charge in [-0.3, -0.25) is 4.79 Å². The van der Waals surface area contributed by atoms with Crippen molar-refractivity contribution in [2.24, 2.45) is 0 Å². The second kappa shape index (κ2) is 6.27. The van der Waals surface area contributed by atoms with Crippen molar-refractivity contribution >= 4 is 17.5 Å². The zero-order chi connectivity index (χ0) is 15.5. The molecule has 0 aliphatic heterocycles. The molecule has 0 aliphatic rings. The van der Waals surface area contributed by atoms with E-state index in [1.165, 1.54) is 12.1 Å². The lowest BCUT2D eigenvalue weighted by Gasteiger charge is -2.27. The second-order valence-electron chi connectivity index (χ2n) is 5.48. The molecule has 21 heavy (non-hydrogen) atoms. The molecule has 0 aliphatic carbocycles. The molecule has 0 saturated carbocycles. The maximum Gasteiger partial charge on any atom is 0.225 e. The Morgan fingerprint density at radius 2 is 1.67 bits per heavy atom. The van der Waals surface area contributed by atoms with Crippen LogP contribution >= 0.6 is 11.6 Å². The Labute approximate surface area is 128 Å². The van der Waals surface area contributed by atoms with Gasteiger partial charge in [0.25, 0.3) is 0 Å². The fourth-order valence-corrected chi connectivity index (χ4v) is 2.25. The van der Waals surface area contributed by atoms with Crippen LogP contribution in [0.4, 0.5) is 4.39 Å². The summed E-state index contributed by atoms with van der Waals surface area (Å²) in [7, 11) is 0. The predicted molar refractivity (Wildman–Crippen MR) is 82.7 cm³/mol. The SMILES string of the molecule is CC(C)(NC(=O)Cc1ccc(Cl)cc1)c1ccc(F)cc1. The van der Waals surface area contributed by atoms with Gasteiger partial charge in [-0.15, -0.1) is 0 Å². The zero-order valence-electron chi connectivity index (χ0n) is 12.0. The van der Waals surface area contributed by atoms with Crippen LogP contribution in [0.2, 0.25) is 5.02 Å². The topological polar surface area (TPSA) is 29.1 Å². The number of carbonyl (C=O) groups excluding carboxylic acids is 1. The average Bonchev–Trinajstić information content (AvgIpc) is 2.41. The maximum absolute atomic E-state index is 13.0. The fraction of sp³-hybridized carbons (Fsp3) is 0.235. The Bertz CT molecular complexity index is 620. The van der Waals surface area contributed by atoms with Crippen molar-refractivity contribution in [1.29, 1.82) is 0 Å². The van der Waals surface area contributed by atoms with Gasteiger partial charge in [-0.2, -0.15) is 0 Å². The van der Waals surface area contributed by atoms with E-state index in [2.05, 4.69) is 5.32 Å². The summed E-state index contributed by atoms with van der Waals surface area (Å²) in [6.07, 6.45) is 0.280. The summed E-state index contributed by atoms with van der Waals surface area (Å²) in [5.41, 5.74) is 1.19. The number of halogens is 2. The molecule has 0 spiro atoms. The Kier molecular flexibility index (Phi) is 4.63. The summed E-state index contributed by atoms with van der Waals surface area (Å²) in [6, 6.07) is 13.3. The lowest BCUT2D eigenvalue weighted by molar-refractivity contribution is -0.122. The number of hydrogen-bond donors (Lipinski definition) is 1. The molecule has 0 fully saturated rings. The van der Waals surface area contributed by atoms with E-state index in [4.69, 9.17) is 11.6 Å². The Hall–Kier alpha value is -1.87. The first-order valence-electron chi connectivity index (χ1n) is 6.68. The number of hydrogen-bond acceptors (Lipinski definition) is 1. The van der Waals surface area contributed by atoms with Crippen molar-refractivity contribution in [3.63, 3.8) is 0 Å². The molecule has 2 rings (SSSR count). The van der Waals surface area contributed by atoms with Crippen molar-refractivity contribution in [3.05, 3.63) is 70.5 Å². The summed E-state index contributed by atoms with van der Waals surface area (Å²) in [5.74, 6) is -0.381. The van der Waals surface area contributed by atoms with E-state index in [1.54, 1.807) is 24.3 Å². The minimum absolute atomic E-state index is 0.0911. The third kappa shape index (κ3) is 4.30. The molecule has 0 atom stereocenters. The predicted octanol–water partition coefficient (Wildman–Crippen LogP) is 4.07. The summed E-state index contributed by atoms with van der Waals surface area (Å²) in [4.78, 5) is 12.1. The summed E-state index contributed by atoms with van der Waals surface area (Å²) < 4.78 is 13.0. The first-order chi connectivity index (χ1) is 9.87. The first kappa shape index (κ1) is 15.5. The van der Waals surface area contributed by atoms with Gasteiger partial charge in [-0.1, -0.05) is 35.9 Å². The van der Waals surface area contributed by atoms with Crippen LogP contribution in [0.3, 0.4) is 0 Å². The van der Waals surface area contributed by atoms with Crippen LogP contribution in [0.25, 0.3) is 0 Å². The number of rotatable bonds is 4. The number of carbonyl (C=O) groups is 1. The average molecular weight is 306 g/mol. The third-order valence-corrected chi connectivity index (χ3v) is 3.55. The zero-order valence-corrected chi connectivity index (χ0v) is 12.7. The molecule has 0 unspecified atom stereocenters. The summed E-state index contributed by atoms with van der Waals surface area (Å²) in [6.45, 7) is 3.78. The molecular weight excluding hydrogens is 289 g/mol. The number of benzene rings is 2. The monoisotopic (exact) mass is 305 g/mol. The normalized spacial score (nSPS) is 11.2. The van der Waals surface area contributed by atoms with Crippen molar-refractivity contribution in [1.82, 2.24) is 5.32 Å². The summed E-state index contributed by atoms with van der Waals surface area (Å²) >= 11 is 5.82. The van der Waals surface area contributed by atoms with Crippen LogP contribution in [0.5, 0.6) is 0 Å². The molecule has 0 aromatic heterocycles. The highest BCUT2D eigenvalue weighted by atomic mass is 35.5. The lowest BCUT2D eigenvalue weighted by atomic mass is 9.94. The van der Waals surface area contributed by atoms with Gasteiger partial charge in [0.15, 0.2) is 0 Å². The molecule has 0 saturated heterocycles. The molecule has 0 radical (unpaired) electrons. The highest BCUT2D eigenvalue weighted by Gasteiger charge is 2.22. The van der Waals surface area contributed by atoms with Gasteiger partial charge in [-0.25, -0.2) is 4.39 Å². The standard InChI is InChI=1S/C17H17ClFNO/c1-17(2,13-5-9-15(19)10-6-13)20-16(21)11-12-3-7-14(18)8-4-12/h3-10H,11H2,1-2H3,(H,20,21). The highest BCUT2D eigenvalue weighted by Crippen LogP contribution is 2.20. The van der Waals surface area contributed by atoms with E-state index in [9.17, 15) is 9.18 Å². The molecular formula is C17H17ClFNO. The van der Waals surface area contributed by atoms with Crippen molar-refractivity contribution in [2.75, 3.05) is 0 Å². The minimum atomic E-state index is -0.558. The first-order valence-corrected chi connectivity index (χ1v) is 7.06. The van der Waals surface area contributed by atoms with Crippen molar-refractivity contribution in [3.8, 4) is 0 Å². The second-order valence-corrected chi connectivity index (χ2v) is 5.92. The van der Waals surface area contributed by atoms with Crippen molar-refractivity contribution in [2.45, 2.75) is 25.8 Å². The van der Waals surface area contributed by atoms with E-state index in [-0.39, 0.29) is 18.1 Å². The molecule has 1 N–H and O–H groups in total. The fourth-order valence-electron chi connectivity index (χ4n) is 2.12. The van der Waals surface area contributed by atoms with Gasteiger partial charge in [-0.05, 0) is 49.2 Å². The van der Waals surface area contributed by atoms with Gasteiger partial charge >= 0.3 is 0 Å². The van der Waals surface area contributed by atoms with E-state index >= 15 is 0 Å². The molecule has 1 amide bonds. The third-order valence-electron chi connectivity index (χ3n) is 3.30. The largest absolute Gasteiger partial charge is 0.347 e. The smallest absolute Gasteiger partial charge is 0.225 e. The van der Waals surface area contributed by atoms with Crippen LogP contribution in [0.15, 0.2) is 48.5 Å². The Balaban J connectivity index is 2.03. The van der Waals surface area contributed by atoms with E-state index < -0.39 is 5.54 Å². The maximum atomic E-state index is 13.0. The number of amides is 1. The molecule has 110 valence electrons. The molecule has 2 aromatic carbocycles. The van der Waals surface area contributed by atoms with Crippen LogP contribution < -0.4 is 5.32 Å². The van der Waals surface area contributed by atoms with Crippen molar-refractivity contribution < 1.29 is 9.18 Å². The minimum Gasteiger partial charge on any atom is -0.347 e.